The third-order valence-corrected chi connectivity index (χ3v) is 8.47. The Labute approximate surface area is 253 Å². The number of nitrogens with zero attached hydrogens (tertiary/aromatic N) is 2. The highest BCUT2D eigenvalue weighted by Crippen LogP contribution is 2.34. The zero-order valence-corrected chi connectivity index (χ0v) is 23.8. The number of aromatic nitrogens is 4. The highest BCUT2D eigenvalue weighted by atomic mass is 14.8. The summed E-state index contributed by atoms with van der Waals surface area (Å²) in [7, 11) is 0. The molecule has 2 N–H and O–H groups in total. The number of fused-ring (bicyclic) bond motifs is 10. The molecule has 4 nitrogen and oxygen atoms in total. The van der Waals surface area contributed by atoms with E-state index < -0.39 is 0 Å². The van der Waals surface area contributed by atoms with Crippen molar-refractivity contribution in [1.82, 2.24) is 19.9 Å². The van der Waals surface area contributed by atoms with Crippen molar-refractivity contribution >= 4 is 67.9 Å². The molecule has 0 spiro atoms. The summed E-state index contributed by atoms with van der Waals surface area (Å²) in [6.07, 6.45) is 8.40. The van der Waals surface area contributed by atoms with Gasteiger partial charge < -0.3 is 9.97 Å². The van der Waals surface area contributed by atoms with Gasteiger partial charge in [0.15, 0.2) is 0 Å². The van der Waals surface area contributed by atoms with Crippen LogP contribution in [0.3, 0.4) is 0 Å². The van der Waals surface area contributed by atoms with Gasteiger partial charge in [-0.05, 0) is 106 Å². The van der Waals surface area contributed by atoms with Gasteiger partial charge in [-0.1, -0.05) is 72.8 Å². The molecule has 0 unspecified atom stereocenters. The second-order valence-corrected chi connectivity index (χ2v) is 11.3. The van der Waals surface area contributed by atoms with E-state index >= 15 is 0 Å². The molecule has 0 radical (unpaired) electrons. The van der Waals surface area contributed by atoms with Crippen molar-refractivity contribution in [2.45, 2.75) is 0 Å². The van der Waals surface area contributed by atoms with Crippen LogP contribution in [0.15, 0.2) is 121 Å². The summed E-state index contributed by atoms with van der Waals surface area (Å²) in [5, 5.41) is 4.84. The van der Waals surface area contributed by atoms with Crippen molar-refractivity contribution in [3.63, 3.8) is 0 Å². The molecule has 9 rings (SSSR count). The van der Waals surface area contributed by atoms with Gasteiger partial charge in [0.1, 0.15) is 0 Å². The molecule has 0 saturated heterocycles. The minimum absolute atomic E-state index is 0.901. The van der Waals surface area contributed by atoms with E-state index in [0.717, 1.165) is 67.1 Å². The molecular formula is C40H26N4. The Balaban J connectivity index is 1.33. The number of aromatic amines is 2. The summed E-state index contributed by atoms with van der Waals surface area (Å²) in [6, 6.07) is 42.9. The van der Waals surface area contributed by atoms with Gasteiger partial charge >= 0.3 is 0 Å². The predicted octanol–water partition coefficient (Wildman–Crippen LogP) is 10.3. The summed E-state index contributed by atoms with van der Waals surface area (Å²) >= 11 is 0. The zero-order valence-electron chi connectivity index (χ0n) is 23.8. The molecule has 4 aromatic carbocycles. The summed E-state index contributed by atoms with van der Waals surface area (Å²) in [5.41, 5.74) is 12.0. The molecule has 4 heteroatoms. The predicted molar refractivity (Wildman–Crippen MR) is 185 cm³/mol. The standard InChI is InChI=1S/C40H26N4/c1-3-7-27-21-29(11-9-25(27)5-1)39-35-17-13-31(41-35)23-33-15-19-37(43-33)40(30-12-10-26-6-2-4-8-28(26)22-30)38-20-16-34(44-38)24-32-14-18-36(39)42-32/h1-24,41,44H. The van der Waals surface area contributed by atoms with Gasteiger partial charge in [-0.2, -0.15) is 0 Å². The van der Waals surface area contributed by atoms with Crippen molar-refractivity contribution in [3.8, 4) is 22.3 Å². The molecule has 3 aromatic heterocycles. The highest BCUT2D eigenvalue weighted by molar-refractivity contribution is 5.97. The van der Waals surface area contributed by atoms with Gasteiger partial charge in [0.2, 0.25) is 0 Å². The average Bonchev–Trinajstić information content (AvgIpc) is 3.88. The SMILES string of the molecule is C1=Cc2nc1cc1ccc([nH]1)c(-c1ccc3ccccc3c1)c1nc(cc3ccc([nH]3)c2-c2ccc3ccccc3c2)C=C1. The molecule has 206 valence electrons. The number of nitrogens with one attached hydrogen (secondary N) is 2. The van der Waals surface area contributed by atoms with Gasteiger partial charge in [-0.25, -0.2) is 9.97 Å². The summed E-state index contributed by atoms with van der Waals surface area (Å²) in [5.74, 6) is 0. The van der Waals surface area contributed by atoms with Crippen LogP contribution in [0.4, 0.5) is 0 Å². The molecule has 5 heterocycles. The first-order valence-electron chi connectivity index (χ1n) is 14.8. The summed E-state index contributed by atoms with van der Waals surface area (Å²) in [4.78, 5) is 17.5. The van der Waals surface area contributed by atoms with Crippen LogP contribution in [0, 0.1) is 0 Å². The van der Waals surface area contributed by atoms with Gasteiger partial charge in [-0.3, -0.25) is 0 Å². The van der Waals surface area contributed by atoms with Crippen LogP contribution >= 0.6 is 0 Å². The first-order valence-corrected chi connectivity index (χ1v) is 14.8. The van der Waals surface area contributed by atoms with Crippen LogP contribution in [-0.4, -0.2) is 19.9 Å². The minimum atomic E-state index is 0.901. The quantitative estimate of drug-likeness (QED) is 0.220. The Bertz CT molecular complexity index is 2330. The summed E-state index contributed by atoms with van der Waals surface area (Å²) in [6.45, 7) is 0. The molecule has 2 aliphatic heterocycles. The lowest BCUT2D eigenvalue weighted by Crippen LogP contribution is -1.86. The normalized spacial score (nSPS) is 12.4. The molecule has 44 heavy (non-hydrogen) atoms. The monoisotopic (exact) mass is 562 g/mol. The number of rotatable bonds is 2. The molecule has 7 aromatic rings. The fraction of sp³-hybridized carbons (Fsp3) is 0. The fourth-order valence-electron chi connectivity index (χ4n) is 6.37. The van der Waals surface area contributed by atoms with Crippen LogP contribution in [0.2, 0.25) is 0 Å². The topological polar surface area (TPSA) is 57.4 Å². The number of H-pyrrole nitrogens is 2. The second kappa shape index (κ2) is 9.79. The highest BCUT2D eigenvalue weighted by Gasteiger charge is 2.14. The minimum Gasteiger partial charge on any atom is -0.355 e. The fourth-order valence-corrected chi connectivity index (χ4v) is 6.37. The van der Waals surface area contributed by atoms with Crippen molar-refractivity contribution in [2.24, 2.45) is 0 Å². The Morgan fingerprint density at radius 3 is 1.32 bits per heavy atom. The molecule has 0 aliphatic carbocycles. The van der Waals surface area contributed by atoms with E-state index in [9.17, 15) is 0 Å². The maximum absolute atomic E-state index is 5.11. The van der Waals surface area contributed by atoms with Crippen LogP contribution < -0.4 is 0 Å². The lowest BCUT2D eigenvalue weighted by atomic mass is 10.00. The Kier molecular flexibility index (Phi) is 5.47. The number of hydrogen-bond acceptors (Lipinski definition) is 2. The molecule has 0 fully saturated rings. The Hall–Kier alpha value is -6.00. The van der Waals surface area contributed by atoms with E-state index in [1.165, 1.54) is 21.5 Å². The van der Waals surface area contributed by atoms with Crippen LogP contribution in [0.25, 0.3) is 90.2 Å². The van der Waals surface area contributed by atoms with Crippen LogP contribution in [0.5, 0.6) is 0 Å². The third kappa shape index (κ3) is 4.24. The van der Waals surface area contributed by atoms with Gasteiger partial charge in [0.05, 0.1) is 22.8 Å². The number of hydrogen-bond donors (Lipinski definition) is 2. The van der Waals surface area contributed by atoms with Crippen molar-refractivity contribution in [1.29, 1.82) is 0 Å². The maximum atomic E-state index is 5.11. The van der Waals surface area contributed by atoms with Crippen molar-refractivity contribution in [3.05, 3.63) is 144 Å². The van der Waals surface area contributed by atoms with Crippen LogP contribution in [-0.2, 0) is 0 Å². The zero-order chi connectivity index (χ0) is 29.0. The molecular weight excluding hydrogens is 536 g/mol. The first-order chi connectivity index (χ1) is 21.7. The second-order valence-electron chi connectivity index (χ2n) is 11.3. The van der Waals surface area contributed by atoms with E-state index in [4.69, 9.17) is 9.97 Å². The summed E-state index contributed by atoms with van der Waals surface area (Å²) < 4.78 is 0. The molecule has 0 atom stereocenters. The first kappa shape index (κ1) is 24.6. The van der Waals surface area contributed by atoms with Crippen molar-refractivity contribution < 1.29 is 0 Å². The lowest BCUT2D eigenvalue weighted by molar-refractivity contribution is 1.31. The van der Waals surface area contributed by atoms with E-state index in [2.05, 4.69) is 156 Å². The smallest absolute Gasteiger partial charge is 0.0736 e. The maximum Gasteiger partial charge on any atom is 0.0736 e. The van der Waals surface area contributed by atoms with Crippen LogP contribution in [0.1, 0.15) is 22.8 Å². The molecule has 0 amide bonds. The molecule has 0 saturated carbocycles. The Morgan fingerprint density at radius 2 is 0.841 bits per heavy atom. The van der Waals surface area contributed by atoms with E-state index in [1.807, 2.05) is 0 Å². The average molecular weight is 563 g/mol. The van der Waals surface area contributed by atoms with E-state index in [0.29, 0.717) is 0 Å². The molecule has 2 aliphatic rings. The van der Waals surface area contributed by atoms with Crippen molar-refractivity contribution in [2.75, 3.05) is 0 Å². The van der Waals surface area contributed by atoms with E-state index in [1.54, 1.807) is 0 Å². The van der Waals surface area contributed by atoms with Gasteiger partial charge in [-0.15, -0.1) is 0 Å². The third-order valence-electron chi connectivity index (χ3n) is 8.47. The van der Waals surface area contributed by atoms with Gasteiger partial charge in [0, 0.05) is 33.2 Å². The van der Waals surface area contributed by atoms with Gasteiger partial charge in [0.25, 0.3) is 0 Å². The molecule has 8 bridgehead atoms. The lowest BCUT2D eigenvalue weighted by Gasteiger charge is -2.06. The largest absolute Gasteiger partial charge is 0.355 e. The Morgan fingerprint density at radius 1 is 0.386 bits per heavy atom. The van der Waals surface area contributed by atoms with E-state index in [-0.39, 0.29) is 0 Å². The number of benzene rings is 4.